The Morgan fingerprint density at radius 3 is 3.06 bits per heavy atom. The highest BCUT2D eigenvalue weighted by molar-refractivity contribution is 5.60. The second kappa shape index (κ2) is 4.92. The molecule has 4 heteroatoms. The van der Waals surface area contributed by atoms with Crippen LogP contribution >= 0.6 is 0 Å². The fourth-order valence-electron chi connectivity index (χ4n) is 2.06. The van der Waals surface area contributed by atoms with E-state index in [-0.39, 0.29) is 18.0 Å². The average Bonchev–Trinajstić information content (AvgIpc) is 2.27. The predicted octanol–water partition coefficient (Wildman–Crippen LogP) is 2.18. The molecule has 1 heterocycles. The van der Waals surface area contributed by atoms with Crippen LogP contribution in [0.25, 0.3) is 0 Å². The van der Waals surface area contributed by atoms with Gasteiger partial charge in [-0.25, -0.2) is 4.39 Å². The van der Waals surface area contributed by atoms with Crippen LogP contribution in [0.15, 0.2) is 18.2 Å². The number of rotatable bonds is 3. The Morgan fingerprint density at radius 1 is 1.59 bits per heavy atom. The highest BCUT2D eigenvalue weighted by Crippen LogP contribution is 2.34. The second-order valence-electron chi connectivity index (χ2n) is 4.51. The summed E-state index contributed by atoms with van der Waals surface area (Å²) in [5, 5.41) is 9.72. The quantitative estimate of drug-likeness (QED) is 0.877. The first-order valence-electron chi connectivity index (χ1n) is 5.99. The van der Waals surface area contributed by atoms with Gasteiger partial charge in [0.1, 0.15) is 17.7 Å². The number of ether oxygens (including phenoxy) is 1. The maximum atomic E-state index is 13.1. The summed E-state index contributed by atoms with van der Waals surface area (Å²) in [6.45, 7) is 5.16. The van der Waals surface area contributed by atoms with Crippen molar-refractivity contribution in [1.29, 1.82) is 0 Å². The summed E-state index contributed by atoms with van der Waals surface area (Å²) in [4.78, 5) is 2.05. The summed E-state index contributed by atoms with van der Waals surface area (Å²) < 4.78 is 18.7. The van der Waals surface area contributed by atoms with Crippen LogP contribution in [0.1, 0.15) is 20.3 Å². The fourth-order valence-corrected chi connectivity index (χ4v) is 2.06. The van der Waals surface area contributed by atoms with Gasteiger partial charge < -0.3 is 14.7 Å². The van der Waals surface area contributed by atoms with Crippen molar-refractivity contribution in [3.05, 3.63) is 24.0 Å². The molecule has 0 saturated heterocycles. The predicted molar refractivity (Wildman–Crippen MR) is 65.0 cm³/mol. The third-order valence-corrected chi connectivity index (χ3v) is 2.97. The van der Waals surface area contributed by atoms with E-state index in [1.807, 2.05) is 13.8 Å². The van der Waals surface area contributed by atoms with Gasteiger partial charge in [-0.15, -0.1) is 0 Å². The molecule has 1 aromatic rings. The van der Waals surface area contributed by atoms with Gasteiger partial charge >= 0.3 is 0 Å². The minimum absolute atomic E-state index is 0.00774. The van der Waals surface area contributed by atoms with Crippen molar-refractivity contribution in [2.45, 2.75) is 32.5 Å². The summed E-state index contributed by atoms with van der Waals surface area (Å²) in [6, 6.07) is 4.53. The Morgan fingerprint density at radius 2 is 2.35 bits per heavy atom. The van der Waals surface area contributed by atoms with Crippen LogP contribution in [-0.4, -0.2) is 30.4 Å². The molecule has 0 spiro atoms. The maximum Gasteiger partial charge on any atom is 0.146 e. The molecule has 0 aromatic heterocycles. The fraction of sp³-hybridized carbons (Fsp3) is 0.538. The van der Waals surface area contributed by atoms with Crippen molar-refractivity contribution >= 4 is 5.69 Å². The normalized spacial score (nSPS) is 20.7. The molecule has 3 nitrogen and oxygen atoms in total. The lowest BCUT2D eigenvalue weighted by molar-refractivity contribution is 0.161. The number of anilines is 1. The Bertz CT molecular complexity index is 397. The summed E-state index contributed by atoms with van der Waals surface area (Å²) in [7, 11) is 0. The van der Waals surface area contributed by atoms with Gasteiger partial charge in [0.25, 0.3) is 0 Å². The van der Waals surface area contributed by atoms with Crippen molar-refractivity contribution in [1.82, 2.24) is 0 Å². The van der Waals surface area contributed by atoms with E-state index in [2.05, 4.69) is 4.90 Å². The van der Waals surface area contributed by atoms with E-state index in [1.165, 1.54) is 12.1 Å². The lowest BCUT2D eigenvalue weighted by Crippen LogP contribution is -2.42. The van der Waals surface area contributed by atoms with Gasteiger partial charge in [-0.2, -0.15) is 0 Å². The minimum atomic E-state index is -0.363. The monoisotopic (exact) mass is 239 g/mol. The van der Waals surface area contributed by atoms with Crippen LogP contribution in [0.3, 0.4) is 0 Å². The zero-order valence-electron chi connectivity index (χ0n) is 10.2. The topological polar surface area (TPSA) is 32.7 Å². The molecule has 0 amide bonds. The van der Waals surface area contributed by atoms with Crippen LogP contribution in [0, 0.1) is 5.82 Å². The van der Waals surface area contributed by atoms with Crippen LogP contribution in [0.2, 0.25) is 0 Å². The molecular formula is C13H18FNO2. The van der Waals surface area contributed by atoms with E-state index in [1.54, 1.807) is 6.07 Å². The smallest absolute Gasteiger partial charge is 0.146 e. The van der Waals surface area contributed by atoms with Crippen molar-refractivity contribution < 1.29 is 14.2 Å². The number of aliphatic hydroxyl groups excluding tert-OH is 1. The number of halogens is 1. The molecule has 94 valence electrons. The van der Waals surface area contributed by atoms with Gasteiger partial charge in [0.05, 0.1) is 18.3 Å². The molecule has 2 atom stereocenters. The molecule has 0 fully saturated rings. The molecular weight excluding hydrogens is 221 g/mol. The summed E-state index contributed by atoms with van der Waals surface area (Å²) in [5.74, 6) is 0.265. The average molecular weight is 239 g/mol. The van der Waals surface area contributed by atoms with E-state index in [0.29, 0.717) is 18.7 Å². The van der Waals surface area contributed by atoms with Crippen LogP contribution in [0.5, 0.6) is 5.75 Å². The third-order valence-electron chi connectivity index (χ3n) is 2.97. The van der Waals surface area contributed by atoms with E-state index < -0.39 is 0 Å². The van der Waals surface area contributed by atoms with Gasteiger partial charge in [-0.1, -0.05) is 6.92 Å². The largest absolute Gasteiger partial charge is 0.487 e. The number of benzene rings is 1. The standard InChI is InChI=1S/C13H18FNO2/c1-3-11(16)8-15-7-9(2)17-13-6-10(14)4-5-12(13)15/h4-6,9,11,16H,3,7-8H2,1-2H3/t9?,11-/m1/s1. The van der Waals surface area contributed by atoms with Gasteiger partial charge in [-0.3, -0.25) is 0 Å². The van der Waals surface area contributed by atoms with E-state index in [4.69, 9.17) is 4.74 Å². The van der Waals surface area contributed by atoms with Crippen molar-refractivity contribution in [2.24, 2.45) is 0 Å². The first kappa shape index (κ1) is 12.2. The molecule has 0 bridgehead atoms. The number of hydrogen-bond donors (Lipinski definition) is 1. The zero-order valence-corrected chi connectivity index (χ0v) is 10.2. The lowest BCUT2D eigenvalue weighted by Gasteiger charge is -2.36. The first-order chi connectivity index (χ1) is 8.10. The van der Waals surface area contributed by atoms with Crippen molar-refractivity contribution in [2.75, 3.05) is 18.0 Å². The molecule has 1 aliphatic heterocycles. The Balaban J connectivity index is 2.24. The number of β-amino-alcohol motifs (C(OH)–C–C–N with tert-alkyl or cyclic N) is 1. The summed E-state index contributed by atoms with van der Waals surface area (Å²) >= 11 is 0. The number of aliphatic hydroxyl groups is 1. The number of fused-ring (bicyclic) bond motifs is 1. The Hall–Kier alpha value is -1.29. The lowest BCUT2D eigenvalue weighted by atomic mass is 10.1. The van der Waals surface area contributed by atoms with E-state index >= 15 is 0 Å². The van der Waals surface area contributed by atoms with Gasteiger partial charge in [-0.05, 0) is 25.5 Å². The molecule has 2 rings (SSSR count). The highest BCUT2D eigenvalue weighted by atomic mass is 19.1. The minimum Gasteiger partial charge on any atom is -0.487 e. The first-order valence-corrected chi connectivity index (χ1v) is 5.99. The maximum absolute atomic E-state index is 13.1. The Labute approximate surface area is 101 Å². The van der Waals surface area contributed by atoms with Gasteiger partial charge in [0.2, 0.25) is 0 Å². The molecule has 0 radical (unpaired) electrons. The van der Waals surface area contributed by atoms with E-state index in [9.17, 15) is 9.50 Å². The second-order valence-corrected chi connectivity index (χ2v) is 4.51. The zero-order chi connectivity index (χ0) is 12.4. The van der Waals surface area contributed by atoms with Crippen molar-refractivity contribution in [3.8, 4) is 5.75 Å². The third kappa shape index (κ3) is 2.69. The number of nitrogens with zero attached hydrogens (tertiary/aromatic N) is 1. The molecule has 0 aliphatic carbocycles. The molecule has 1 aromatic carbocycles. The van der Waals surface area contributed by atoms with Crippen LogP contribution in [0.4, 0.5) is 10.1 Å². The van der Waals surface area contributed by atoms with Crippen LogP contribution < -0.4 is 9.64 Å². The number of hydrogen-bond acceptors (Lipinski definition) is 3. The molecule has 0 saturated carbocycles. The van der Waals surface area contributed by atoms with Gasteiger partial charge in [0.15, 0.2) is 0 Å². The van der Waals surface area contributed by atoms with Crippen LogP contribution in [-0.2, 0) is 0 Å². The summed E-state index contributed by atoms with van der Waals surface area (Å²) in [5.41, 5.74) is 0.858. The molecule has 1 aliphatic rings. The SMILES string of the molecule is CC[C@@H](O)CN1CC(C)Oc2cc(F)ccc21. The van der Waals surface area contributed by atoms with Crippen molar-refractivity contribution in [3.63, 3.8) is 0 Å². The summed E-state index contributed by atoms with van der Waals surface area (Å²) in [6.07, 6.45) is 0.356. The van der Waals surface area contributed by atoms with Gasteiger partial charge in [0, 0.05) is 12.6 Å². The molecule has 1 N–H and O–H groups in total. The molecule has 17 heavy (non-hydrogen) atoms. The molecule has 1 unspecified atom stereocenters. The highest BCUT2D eigenvalue weighted by Gasteiger charge is 2.24. The Kier molecular flexibility index (Phi) is 3.52. The van der Waals surface area contributed by atoms with E-state index in [0.717, 1.165) is 12.2 Å².